The Hall–Kier alpha value is -2.21. The lowest BCUT2D eigenvalue weighted by atomic mass is 10.1. The lowest BCUT2D eigenvalue weighted by Gasteiger charge is -2.22. The van der Waals surface area contributed by atoms with Gasteiger partial charge in [0.1, 0.15) is 6.04 Å². The van der Waals surface area contributed by atoms with Crippen LogP contribution in [0, 0.1) is 0 Å². The van der Waals surface area contributed by atoms with E-state index < -0.39 is 10.0 Å². The molecule has 0 aliphatic carbocycles. The van der Waals surface area contributed by atoms with Crippen LogP contribution in [-0.4, -0.2) is 29.1 Å². The molecular weight excluding hydrogens is 332 g/mol. The molecule has 130 valence electrons. The highest BCUT2D eigenvalue weighted by atomic mass is 32.2. The molecule has 4 nitrogen and oxygen atoms in total. The number of benzene rings is 3. The Morgan fingerprint density at radius 2 is 1.52 bits per heavy atom. The highest BCUT2D eigenvalue weighted by Gasteiger charge is 2.22. The normalized spacial score (nSPS) is 13.2. The van der Waals surface area contributed by atoms with Gasteiger partial charge in [-0.25, -0.2) is 13.1 Å². The first-order chi connectivity index (χ1) is 12.0. The van der Waals surface area contributed by atoms with E-state index in [0.29, 0.717) is 11.4 Å². The first kappa shape index (κ1) is 17.6. The van der Waals surface area contributed by atoms with E-state index in [1.165, 1.54) is 4.90 Å². The number of fused-ring (bicyclic) bond motifs is 1. The Labute approximate surface area is 149 Å². The molecule has 1 atom stereocenters. The van der Waals surface area contributed by atoms with E-state index in [0.717, 1.165) is 16.3 Å². The molecule has 0 bridgehead atoms. The van der Waals surface area contributed by atoms with Gasteiger partial charge in [-0.05, 0) is 22.9 Å². The zero-order valence-electron chi connectivity index (χ0n) is 14.4. The zero-order valence-corrected chi connectivity index (χ0v) is 15.3. The quantitative estimate of drug-likeness (QED) is 0.711. The average Bonchev–Trinajstić information content (AvgIpc) is 2.62. The van der Waals surface area contributed by atoms with Gasteiger partial charge in [-0.3, -0.25) is 0 Å². The topological polar surface area (TPSA) is 50.6 Å². The molecule has 3 aromatic rings. The summed E-state index contributed by atoms with van der Waals surface area (Å²) in [6.45, 7) is 0.349. The Balaban J connectivity index is 1.82. The summed E-state index contributed by atoms with van der Waals surface area (Å²) < 4.78 is 28.2. The Morgan fingerprint density at radius 1 is 0.880 bits per heavy atom. The van der Waals surface area contributed by atoms with Crippen molar-refractivity contribution in [3.63, 3.8) is 0 Å². The monoisotopic (exact) mass is 355 g/mol. The Morgan fingerprint density at radius 3 is 2.20 bits per heavy atom. The number of likely N-dealkylation sites (N-methyl/N-ethyl adjacent to an activating group) is 1. The standard InChI is InChI=1S/C20H22N2O2S/c1-22(2)20(17-9-4-3-5-10-17)15-21-25(23,24)19-13-12-16-8-6-7-11-18(16)14-19/h3-14,20-21H,15H2,1-2H3/p+1/t20-/m0/s1. The fraction of sp³-hybridized carbons (Fsp3) is 0.200. The molecule has 3 rings (SSSR count). The second-order valence-corrected chi connectivity index (χ2v) is 8.17. The van der Waals surface area contributed by atoms with Crippen molar-refractivity contribution >= 4 is 20.8 Å². The van der Waals surface area contributed by atoms with Crippen molar-refractivity contribution in [3.05, 3.63) is 78.4 Å². The fourth-order valence-corrected chi connectivity index (χ4v) is 4.03. The molecule has 0 heterocycles. The second-order valence-electron chi connectivity index (χ2n) is 6.40. The van der Waals surface area contributed by atoms with E-state index >= 15 is 0 Å². The van der Waals surface area contributed by atoms with Gasteiger partial charge in [0.05, 0.1) is 25.5 Å². The van der Waals surface area contributed by atoms with Crippen LogP contribution in [-0.2, 0) is 10.0 Å². The molecular formula is C20H23N2O2S+. The third-order valence-corrected chi connectivity index (χ3v) is 5.83. The van der Waals surface area contributed by atoms with Crippen LogP contribution in [0.15, 0.2) is 77.7 Å². The third kappa shape index (κ3) is 4.07. The van der Waals surface area contributed by atoms with Crippen LogP contribution in [0.3, 0.4) is 0 Å². The van der Waals surface area contributed by atoms with Crippen LogP contribution in [0.1, 0.15) is 11.6 Å². The molecule has 0 aliphatic rings. The minimum atomic E-state index is -3.55. The van der Waals surface area contributed by atoms with Crippen molar-refractivity contribution in [2.75, 3.05) is 20.6 Å². The molecule has 2 N–H and O–H groups in total. The summed E-state index contributed by atoms with van der Waals surface area (Å²) in [4.78, 5) is 1.47. The van der Waals surface area contributed by atoms with Crippen LogP contribution < -0.4 is 9.62 Å². The smallest absolute Gasteiger partial charge is 0.240 e. The molecule has 0 aliphatic heterocycles. The van der Waals surface area contributed by atoms with E-state index in [-0.39, 0.29) is 6.04 Å². The minimum Gasteiger partial charge on any atom is -0.333 e. The van der Waals surface area contributed by atoms with Gasteiger partial charge in [0, 0.05) is 5.56 Å². The molecule has 0 radical (unpaired) electrons. The molecule has 0 aromatic heterocycles. The largest absolute Gasteiger partial charge is 0.333 e. The lowest BCUT2D eigenvalue weighted by molar-refractivity contribution is -0.890. The van der Waals surface area contributed by atoms with Gasteiger partial charge in [0.25, 0.3) is 0 Å². The summed E-state index contributed by atoms with van der Waals surface area (Å²) in [5.74, 6) is 0. The zero-order chi connectivity index (χ0) is 17.9. The van der Waals surface area contributed by atoms with Crippen molar-refractivity contribution in [2.24, 2.45) is 0 Å². The van der Waals surface area contributed by atoms with Crippen molar-refractivity contribution in [2.45, 2.75) is 10.9 Å². The first-order valence-corrected chi connectivity index (χ1v) is 9.79. The number of sulfonamides is 1. The lowest BCUT2D eigenvalue weighted by Crippen LogP contribution is -3.07. The molecule has 25 heavy (non-hydrogen) atoms. The van der Waals surface area contributed by atoms with Crippen molar-refractivity contribution in [1.29, 1.82) is 0 Å². The van der Waals surface area contributed by atoms with Gasteiger partial charge in [0.2, 0.25) is 10.0 Å². The van der Waals surface area contributed by atoms with Gasteiger partial charge >= 0.3 is 0 Å². The molecule has 0 amide bonds. The number of hydrogen-bond donors (Lipinski definition) is 2. The maximum atomic E-state index is 12.7. The van der Waals surface area contributed by atoms with E-state index in [1.807, 2.05) is 74.8 Å². The van der Waals surface area contributed by atoms with Crippen LogP contribution >= 0.6 is 0 Å². The summed E-state index contributed by atoms with van der Waals surface area (Å²) in [6.07, 6.45) is 0. The van der Waals surface area contributed by atoms with E-state index in [2.05, 4.69) is 4.72 Å². The average molecular weight is 355 g/mol. The van der Waals surface area contributed by atoms with Crippen LogP contribution in [0.4, 0.5) is 0 Å². The van der Waals surface area contributed by atoms with Crippen LogP contribution in [0.5, 0.6) is 0 Å². The van der Waals surface area contributed by atoms with Gasteiger partial charge in [-0.1, -0.05) is 60.7 Å². The van der Waals surface area contributed by atoms with E-state index in [1.54, 1.807) is 12.1 Å². The summed E-state index contributed by atoms with van der Waals surface area (Å²) in [6, 6.07) is 23.0. The van der Waals surface area contributed by atoms with Crippen molar-refractivity contribution in [1.82, 2.24) is 4.72 Å². The number of rotatable bonds is 6. The van der Waals surface area contributed by atoms with Gasteiger partial charge in [-0.2, -0.15) is 0 Å². The first-order valence-electron chi connectivity index (χ1n) is 8.31. The Kier molecular flexibility index (Phi) is 5.18. The predicted octanol–water partition coefficient (Wildman–Crippen LogP) is 2.00. The summed E-state index contributed by atoms with van der Waals surface area (Å²) in [5.41, 5.74) is 1.11. The van der Waals surface area contributed by atoms with Gasteiger partial charge < -0.3 is 4.90 Å². The third-order valence-electron chi connectivity index (χ3n) is 4.41. The van der Waals surface area contributed by atoms with E-state index in [9.17, 15) is 8.42 Å². The number of hydrogen-bond acceptors (Lipinski definition) is 2. The van der Waals surface area contributed by atoms with Crippen LogP contribution in [0.2, 0.25) is 0 Å². The predicted molar refractivity (Wildman–Crippen MR) is 101 cm³/mol. The molecule has 0 unspecified atom stereocenters. The molecule has 5 heteroatoms. The number of nitrogens with one attached hydrogen (secondary N) is 2. The minimum absolute atomic E-state index is 0.0523. The maximum Gasteiger partial charge on any atom is 0.240 e. The summed E-state index contributed by atoms with van der Waals surface area (Å²) in [5, 5.41) is 1.95. The highest BCUT2D eigenvalue weighted by molar-refractivity contribution is 7.89. The van der Waals surface area contributed by atoms with Gasteiger partial charge in [-0.15, -0.1) is 0 Å². The Bertz CT molecular complexity index is 954. The highest BCUT2D eigenvalue weighted by Crippen LogP contribution is 2.19. The fourth-order valence-electron chi connectivity index (χ4n) is 2.95. The molecule has 3 aromatic carbocycles. The summed E-state index contributed by atoms with van der Waals surface area (Å²) in [7, 11) is 0.508. The van der Waals surface area contributed by atoms with Gasteiger partial charge in [0.15, 0.2) is 0 Å². The van der Waals surface area contributed by atoms with Crippen LogP contribution in [0.25, 0.3) is 10.8 Å². The molecule has 0 saturated carbocycles. The number of quaternary nitrogens is 1. The summed E-state index contributed by atoms with van der Waals surface area (Å²) >= 11 is 0. The van der Waals surface area contributed by atoms with E-state index in [4.69, 9.17) is 0 Å². The maximum absolute atomic E-state index is 12.7. The molecule has 0 saturated heterocycles. The van der Waals surface area contributed by atoms with Crippen molar-refractivity contribution < 1.29 is 13.3 Å². The SMILES string of the molecule is C[NH+](C)[C@@H](CNS(=O)(=O)c1ccc2ccccc2c1)c1ccccc1. The second kappa shape index (κ2) is 7.35. The van der Waals surface area contributed by atoms with Crippen molar-refractivity contribution in [3.8, 4) is 0 Å². The molecule has 0 spiro atoms. The molecule has 0 fully saturated rings.